The Balaban J connectivity index is 0.00000176. The second-order valence-electron chi connectivity index (χ2n) is 7.98. The molecule has 1 saturated heterocycles. The summed E-state index contributed by atoms with van der Waals surface area (Å²) in [5.74, 6) is 2.10. The Bertz CT molecular complexity index is 388. The van der Waals surface area contributed by atoms with Crippen molar-refractivity contribution in [2.45, 2.75) is 52.0 Å². The van der Waals surface area contributed by atoms with Gasteiger partial charge in [-0.2, -0.15) is 0 Å². The Kier molecular flexibility index (Phi) is 6.39. The molecule has 0 aromatic heterocycles. The zero-order valence-electron chi connectivity index (χ0n) is 14.5. The van der Waals surface area contributed by atoms with E-state index >= 15 is 0 Å². The van der Waals surface area contributed by atoms with Gasteiger partial charge in [-0.05, 0) is 43.4 Å². The fourth-order valence-corrected chi connectivity index (χ4v) is 3.43. The van der Waals surface area contributed by atoms with Gasteiger partial charge in [-0.3, -0.25) is 9.89 Å². The number of hydrogen-bond acceptors (Lipinski definition) is 2. The first-order valence-electron chi connectivity index (χ1n) is 8.77. The van der Waals surface area contributed by atoms with E-state index < -0.39 is 0 Å². The van der Waals surface area contributed by atoms with E-state index in [-0.39, 0.29) is 24.0 Å². The third-order valence-corrected chi connectivity index (χ3v) is 5.12. The van der Waals surface area contributed by atoms with Crippen molar-refractivity contribution in [1.29, 1.82) is 0 Å². The molecule has 1 heterocycles. The van der Waals surface area contributed by atoms with Gasteiger partial charge in [0, 0.05) is 45.8 Å². The zero-order valence-corrected chi connectivity index (χ0v) is 16.8. The van der Waals surface area contributed by atoms with Crippen molar-refractivity contribution in [1.82, 2.24) is 15.1 Å². The third kappa shape index (κ3) is 5.25. The number of halogens is 1. The monoisotopic (exact) mass is 420 g/mol. The van der Waals surface area contributed by atoms with Gasteiger partial charge >= 0.3 is 0 Å². The molecule has 22 heavy (non-hydrogen) atoms. The molecule has 0 amide bonds. The number of rotatable bonds is 6. The molecule has 5 heteroatoms. The molecule has 4 nitrogen and oxygen atoms in total. The Morgan fingerprint density at radius 1 is 1.27 bits per heavy atom. The molecule has 0 atom stereocenters. The summed E-state index contributed by atoms with van der Waals surface area (Å²) in [4.78, 5) is 9.61. The summed E-state index contributed by atoms with van der Waals surface area (Å²) in [6, 6.07) is 0.889. The lowest BCUT2D eigenvalue weighted by Gasteiger charge is -2.26. The van der Waals surface area contributed by atoms with Gasteiger partial charge in [0.2, 0.25) is 0 Å². The van der Waals surface area contributed by atoms with Crippen molar-refractivity contribution in [3.05, 3.63) is 0 Å². The molecule has 0 bridgehead atoms. The molecule has 3 rings (SSSR count). The van der Waals surface area contributed by atoms with Crippen molar-refractivity contribution < 1.29 is 0 Å². The molecule has 0 radical (unpaired) electrons. The minimum Gasteiger partial charge on any atom is -0.355 e. The Morgan fingerprint density at radius 3 is 2.50 bits per heavy atom. The standard InChI is InChI=1S/C17H32N4.HI/c1-17(2)8-10-21(13-17)16(18-3)19-9-11-20(15-6-7-15)12-14-4-5-14;/h14-15H,4-13H2,1-3H3,(H,18,19);1H. The van der Waals surface area contributed by atoms with Gasteiger partial charge < -0.3 is 10.2 Å². The van der Waals surface area contributed by atoms with Crippen LogP contribution < -0.4 is 5.32 Å². The van der Waals surface area contributed by atoms with Gasteiger partial charge in [0.15, 0.2) is 5.96 Å². The van der Waals surface area contributed by atoms with Crippen LogP contribution in [0.3, 0.4) is 0 Å². The number of aliphatic imine (C=N–C) groups is 1. The largest absolute Gasteiger partial charge is 0.355 e. The Morgan fingerprint density at radius 2 is 2.00 bits per heavy atom. The molecule has 128 valence electrons. The average molecular weight is 420 g/mol. The smallest absolute Gasteiger partial charge is 0.193 e. The van der Waals surface area contributed by atoms with Crippen molar-refractivity contribution in [2.24, 2.45) is 16.3 Å². The van der Waals surface area contributed by atoms with Crippen molar-refractivity contribution >= 4 is 29.9 Å². The quantitative estimate of drug-likeness (QED) is 0.407. The highest BCUT2D eigenvalue weighted by Crippen LogP contribution is 2.34. The first-order chi connectivity index (χ1) is 10.1. The number of nitrogens with zero attached hydrogens (tertiary/aromatic N) is 3. The van der Waals surface area contributed by atoms with Gasteiger partial charge in [0.25, 0.3) is 0 Å². The maximum atomic E-state index is 4.48. The van der Waals surface area contributed by atoms with Crippen molar-refractivity contribution in [3.8, 4) is 0 Å². The van der Waals surface area contributed by atoms with E-state index in [1.54, 1.807) is 0 Å². The van der Waals surface area contributed by atoms with Crippen LogP contribution in [-0.2, 0) is 0 Å². The van der Waals surface area contributed by atoms with Gasteiger partial charge in [-0.15, -0.1) is 24.0 Å². The first kappa shape index (κ1) is 18.3. The number of likely N-dealkylation sites (tertiary alicyclic amines) is 1. The molecule has 0 spiro atoms. The summed E-state index contributed by atoms with van der Waals surface area (Å²) < 4.78 is 0. The maximum Gasteiger partial charge on any atom is 0.193 e. The highest BCUT2D eigenvalue weighted by Gasteiger charge is 2.34. The van der Waals surface area contributed by atoms with Crippen LogP contribution in [0.25, 0.3) is 0 Å². The summed E-state index contributed by atoms with van der Waals surface area (Å²) in [6.07, 6.45) is 7.02. The summed E-state index contributed by atoms with van der Waals surface area (Å²) in [6.45, 7) is 10.5. The summed E-state index contributed by atoms with van der Waals surface area (Å²) in [5, 5.41) is 3.59. The van der Waals surface area contributed by atoms with Crippen LogP contribution in [0.4, 0.5) is 0 Å². The SMILES string of the molecule is CN=C(NCCN(CC1CC1)C1CC1)N1CCC(C)(C)C1.I. The minimum absolute atomic E-state index is 0. The fraction of sp³-hybridized carbons (Fsp3) is 0.941. The molecule has 2 aliphatic carbocycles. The second kappa shape index (κ2) is 7.69. The zero-order chi connectivity index (χ0) is 14.9. The molecule has 3 fully saturated rings. The van der Waals surface area contributed by atoms with Crippen molar-refractivity contribution in [3.63, 3.8) is 0 Å². The van der Waals surface area contributed by atoms with Gasteiger partial charge in [-0.25, -0.2) is 0 Å². The molecular weight excluding hydrogens is 387 g/mol. The number of hydrogen-bond donors (Lipinski definition) is 1. The van der Waals surface area contributed by atoms with E-state index in [1.807, 2.05) is 7.05 Å². The molecule has 1 aliphatic heterocycles. The van der Waals surface area contributed by atoms with E-state index in [2.05, 4.69) is 34.0 Å². The molecule has 0 unspecified atom stereocenters. The van der Waals surface area contributed by atoms with Crippen LogP contribution in [0.1, 0.15) is 46.0 Å². The van der Waals surface area contributed by atoms with E-state index in [0.717, 1.165) is 37.6 Å². The van der Waals surface area contributed by atoms with Crippen LogP contribution in [-0.4, -0.2) is 61.6 Å². The fourth-order valence-electron chi connectivity index (χ4n) is 3.43. The first-order valence-corrected chi connectivity index (χ1v) is 8.77. The van der Waals surface area contributed by atoms with Gasteiger partial charge in [0.05, 0.1) is 0 Å². The van der Waals surface area contributed by atoms with Gasteiger partial charge in [0.1, 0.15) is 0 Å². The minimum atomic E-state index is 0. The number of nitrogens with one attached hydrogen (secondary N) is 1. The highest BCUT2D eigenvalue weighted by molar-refractivity contribution is 14.0. The maximum absolute atomic E-state index is 4.48. The van der Waals surface area contributed by atoms with Gasteiger partial charge in [-0.1, -0.05) is 13.8 Å². The van der Waals surface area contributed by atoms with Crippen LogP contribution in [0.2, 0.25) is 0 Å². The highest BCUT2D eigenvalue weighted by atomic mass is 127. The van der Waals surface area contributed by atoms with Crippen molar-refractivity contribution in [2.75, 3.05) is 39.8 Å². The molecule has 1 N–H and O–H groups in total. The predicted octanol–water partition coefficient (Wildman–Crippen LogP) is 2.79. The molecule has 0 aromatic carbocycles. The summed E-state index contributed by atoms with van der Waals surface area (Å²) in [5.41, 5.74) is 0.434. The summed E-state index contributed by atoms with van der Waals surface area (Å²) in [7, 11) is 1.91. The van der Waals surface area contributed by atoms with Crippen LogP contribution in [0.15, 0.2) is 4.99 Å². The third-order valence-electron chi connectivity index (χ3n) is 5.12. The lowest BCUT2D eigenvalue weighted by Crippen LogP contribution is -2.44. The normalized spacial score (nSPS) is 24.5. The van der Waals surface area contributed by atoms with Crippen LogP contribution in [0.5, 0.6) is 0 Å². The Hall–Kier alpha value is -0.0400. The topological polar surface area (TPSA) is 30.9 Å². The lowest BCUT2D eigenvalue weighted by molar-refractivity contribution is 0.255. The predicted molar refractivity (Wildman–Crippen MR) is 104 cm³/mol. The average Bonchev–Trinajstić information content (AvgIpc) is 3.33. The van der Waals surface area contributed by atoms with E-state index in [0.29, 0.717) is 5.41 Å². The van der Waals surface area contributed by atoms with Crippen LogP contribution in [0, 0.1) is 11.3 Å². The number of guanidine groups is 1. The van der Waals surface area contributed by atoms with E-state index in [1.165, 1.54) is 45.2 Å². The Labute approximate surface area is 153 Å². The van der Waals surface area contributed by atoms with E-state index in [4.69, 9.17) is 0 Å². The molecule has 0 aromatic rings. The molecule has 2 saturated carbocycles. The van der Waals surface area contributed by atoms with Crippen LogP contribution >= 0.6 is 24.0 Å². The second-order valence-corrected chi connectivity index (χ2v) is 7.98. The molecule has 3 aliphatic rings. The van der Waals surface area contributed by atoms with E-state index in [9.17, 15) is 0 Å². The lowest BCUT2D eigenvalue weighted by atomic mass is 9.93. The molecular formula is C17H33IN4. The summed E-state index contributed by atoms with van der Waals surface area (Å²) >= 11 is 0.